The molecule has 18 heavy (non-hydrogen) atoms. The second-order valence-corrected chi connectivity index (χ2v) is 5.24. The lowest BCUT2D eigenvalue weighted by Gasteiger charge is -2.16. The van der Waals surface area contributed by atoms with Crippen LogP contribution in [0.4, 0.5) is 0 Å². The minimum absolute atomic E-state index is 0.386. The first-order chi connectivity index (χ1) is 8.79. The first-order valence-electron chi connectivity index (χ1n) is 6.74. The summed E-state index contributed by atoms with van der Waals surface area (Å²) in [5.41, 5.74) is 2.70. The lowest BCUT2D eigenvalue weighted by molar-refractivity contribution is 0.528. The molecule has 1 saturated carbocycles. The van der Waals surface area contributed by atoms with E-state index in [1.165, 1.54) is 29.3 Å². The van der Waals surface area contributed by atoms with Crippen molar-refractivity contribution in [1.29, 1.82) is 0 Å². The van der Waals surface area contributed by atoms with Gasteiger partial charge in [0.1, 0.15) is 0 Å². The highest BCUT2D eigenvalue weighted by Gasteiger charge is 2.23. The van der Waals surface area contributed by atoms with Crippen LogP contribution in [0.25, 0.3) is 10.9 Å². The van der Waals surface area contributed by atoms with Crippen molar-refractivity contribution in [2.75, 3.05) is 13.6 Å². The Hall–Kier alpha value is -1.32. The predicted molar refractivity (Wildman–Crippen MR) is 75.7 cm³/mol. The molecule has 3 rings (SSSR count). The molecular weight excluding hydrogens is 222 g/mol. The maximum absolute atomic E-state index is 3.61. The number of hydrogen-bond acceptors (Lipinski definition) is 2. The smallest absolute Gasteiger partial charge is 0.0481 e. The van der Waals surface area contributed by atoms with E-state index in [4.69, 9.17) is 0 Å². The normalized spacial score (nSPS) is 17.2. The molecule has 2 aromatic rings. The van der Waals surface area contributed by atoms with Gasteiger partial charge in [-0.1, -0.05) is 18.2 Å². The fourth-order valence-corrected chi connectivity index (χ4v) is 2.59. The maximum Gasteiger partial charge on any atom is 0.0481 e. The van der Waals surface area contributed by atoms with E-state index in [2.05, 4.69) is 52.7 Å². The molecule has 1 atom stereocenters. The SMILES string of the molecule is CNC(CNC1CC1)c1cn(C)c2ccccc12. The van der Waals surface area contributed by atoms with Crippen molar-refractivity contribution in [3.8, 4) is 0 Å². The number of rotatable bonds is 5. The largest absolute Gasteiger partial charge is 0.350 e. The Labute approximate surface area is 108 Å². The molecule has 1 fully saturated rings. The summed E-state index contributed by atoms with van der Waals surface area (Å²) in [4.78, 5) is 0. The van der Waals surface area contributed by atoms with Gasteiger partial charge >= 0.3 is 0 Å². The fraction of sp³-hybridized carbons (Fsp3) is 0.467. The summed E-state index contributed by atoms with van der Waals surface area (Å²) in [6.07, 6.45) is 4.93. The van der Waals surface area contributed by atoms with E-state index in [-0.39, 0.29) is 0 Å². The zero-order valence-electron chi connectivity index (χ0n) is 11.1. The minimum atomic E-state index is 0.386. The van der Waals surface area contributed by atoms with Gasteiger partial charge < -0.3 is 15.2 Å². The van der Waals surface area contributed by atoms with Gasteiger partial charge in [-0.05, 0) is 31.5 Å². The molecule has 3 heteroatoms. The van der Waals surface area contributed by atoms with E-state index in [0.29, 0.717) is 6.04 Å². The summed E-state index contributed by atoms with van der Waals surface area (Å²) in [5.74, 6) is 0. The molecule has 0 radical (unpaired) electrons. The average Bonchev–Trinajstić information content (AvgIpc) is 3.16. The lowest BCUT2D eigenvalue weighted by atomic mass is 10.1. The van der Waals surface area contributed by atoms with E-state index in [0.717, 1.165) is 12.6 Å². The number of para-hydroxylation sites is 1. The Balaban J connectivity index is 1.90. The van der Waals surface area contributed by atoms with Crippen LogP contribution in [0.3, 0.4) is 0 Å². The van der Waals surface area contributed by atoms with Gasteiger partial charge in [0.25, 0.3) is 0 Å². The van der Waals surface area contributed by atoms with Crippen LogP contribution in [0.1, 0.15) is 24.4 Å². The molecule has 1 aromatic heterocycles. The van der Waals surface area contributed by atoms with Crippen LogP contribution in [0.2, 0.25) is 0 Å². The Morgan fingerprint density at radius 1 is 1.33 bits per heavy atom. The zero-order valence-corrected chi connectivity index (χ0v) is 11.1. The number of likely N-dealkylation sites (N-methyl/N-ethyl adjacent to an activating group) is 1. The summed E-state index contributed by atoms with van der Waals surface area (Å²) < 4.78 is 2.21. The van der Waals surface area contributed by atoms with Crippen molar-refractivity contribution in [2.45, 2.75) is 24.9 Å². The number of fused-ring (bicyclic) bond motifs is 1. The second-order valence-electron chi connectivity index (χ2n) is 5.24. The molecule has 1 aromatic carbocycles. The fourth-order valence-electron chi connectivity index (χ4n) is 2.59. The topological polar surface area (TPSA) is 29.0 Å². The molecule has 96 valence electrons. The standard InChI is InChI=1S/C15H21N3/c1-16-14(9-17-11-7-8-11)13-10-18(2)15-6-4-3-5-12(13)15/h3-6,10-11,14,16-17H,7-9H2,1-2H3. The molecule has 0 spiro atoms. The van der Waals surface area contributed by atoms with Gasteiger partial charge in [0, 0.05) is 42.8 Å². The Bertz CT molecular complexity index is 540. The second kappa shape index (κ2) is 4.75. The van der Waals surface area contributed by atoms with Gasteiger partial charge in [-0.3, -0.25) is 0 Å². The number of hydrogen-bond donors (Lipinski definition) is 2. The van der Waals surface area contributed by atoms with Crippen LogP contribution >= 0.6 is 0 Å². The monoisotopic (exact) mass is 243 g/mol. The van der Waals surface area contributed by atoms with Crippen molar-refractivity contribution in [3.63, 3.8) is 0 Å². The molecule has 1 heterocycles. The van der Waals surface area contributed by atoms with E-state index < -0.39 is 0 Å². The van der Waals surface area contributed by atoms with Crippen molar-refractivity contribution in [2.24, 2.45) is 7.05 Å². The maximum atomic E-state index is 3.61. The highest BCUT2D eigenvalue weighted by atomic mass is 15.0. The third-order valence-electron chi connectivity index (χ3n) is 3.84. The molecule has 2 N–H and O–H groups in total. The van der Waals surface area contributed by atoms with Crippen LogP contribution in [0.5, 0.6) is 0 Å². The molecule has 1 unspecified atom stereocenters. The van der Waals surface area contributed by atoms with Crippen molar-refractivity contribution in [1.82, 2.24) is 15.2 Å². The number of aromatic nitrogens is 1. The third-order valence-corrected chi connectivity index (χ3v) is 3.84. The van der Waals surface area contributed by atoms with E-state index in [1.54, 1.807) is 0 Å². The van der Waals surface area contributed by atoms with Crippen molar-refractivity contribution in [3.05, 3.63) is 36.0 Å². The molecule has 1 aliphatic rings. The van der Waals surface area contributed by atoms with Gasteiger partial charge in [0.2, 0.25) is 0 Å². The van der Waals surface area contributed by atoms with E-state index in [1.807, 2.05) is 7.05 Å². The van der Waals surface area contributed by atoms with Crippen molar-refractivity contribution < 1.29 is 0 Å². The number of benzene rings is 1. The quantitative estimate of drug-likeness (QED) is 0.843. The summed E-state index contributed by atoms with van der Waals surface area (Å²) in [7, 11) is 4.16. The van der Waals surface area contributed by atoms with Crippen LogP contribution in [-0.2, 0) is 7.05 Å². The summed E-state index contributed by atoms with van der Waals surface area (Å²) in [6, 6.07) is 9.76. The number of nitrogens with one attached hydrogen (secondary N) is 2. The van der Waals surface area contributed by atoms with Crippen LogP contribution in [0.15, 0.2) is 30.5 Å². The highest BCUT2D eigenvalue weighted by molar-refractivity contribution is 5.84. The first kappa shape index (κ1) is 11.8. The van der Waals surface area contributed by atoms with Gasteiger partial charge in [-0.25, -0.2) is 0 Å². The Morgan fingerprint density at radius 3 is 2.83 bits per heavy atom. The molecule has 0 amide bonds. The molecule has 3 nitrogen and oxygen atoms in total. The zero-order chi connectivity index (χ0) is 12.5. The first-order valence-corrected chi connectivity index (χ1v) is 6.74. The van der Waals surface area contributed by atoms with Crippen LogP contribution in [0, 0.1) is 0 Å². The third kappa shape index (κ3) is 2.16. The molecular formula is C15H21N3. The Morgan fingerprint density at radius 2 is 2.11 bits per heavy atom. The highest BCUT2D eigenvalue weighted by Crippen LogP contribution is 2.26. The predicted octanol–water partition coefficient (Wildman–Crippen LogP) is 2.19. The summed E-state index contributed by atoms with van der Waals surface area (Å²) >= 11 is 0. The summed E-state index contributed by atoms with van der Waals surface area (Å²) in [6.45, 7) is 1.01. The summed E-state index contributed by atoms with van der Waals surface area (Å²) in [5, 5.41) is 8.40. The minimum Gasteiger partial charge on any atom is -0.350 e. The van der Waals surface area contributed by atoms with Crippen LogP contribution in [-0.4, -0.2) is 24.2 Å². The molecule has 0 aliphatic heterocycles. The van der Waals surface area contributed by atoms with Gasteiger partial charge in [-0.2, -0.15) is 0 Å². The van der Waals surface area contributed by atoms with Gasteiger partial charge in [0.15, 0.2) is 0 Å². The average molecular weight is 243 g/mol. The Kier molecular flexibility index (Phi) is 3.10. The molecule has 0 bridgehead atoms. The van der Waals surface area contributed by atoms with E-state index in [9.17, 15) is 0 Å². The number of nitrogens with zero attached hydrogens (tertiary/aromatic N) is 1. The van der Waals surface area contributed by atoms with E-state index >= 15 is 0 Å². The van der Waals surface area contributed by atoms with Gasteiger partial charge in [0.05, 0.1) is 0 Å². The molecule has 0 saturated heterocycles. The molecule has 1 aliphatic carbocycles. The van der Waals surface area contributed by atoms with Crippen molar-refractivity contribution >= 4 is 10.9 Å². The lowest BCUT2D eigenvalue weighted by Crippen LogP contribution is -2.30. The number of aryl methyl sites for hydroxylation is 1. The van der Waals surface area contributed by atoms with Crippen LogP contribution < -0.4 is 10.6 Å². The van der Waals surface area contributed by atoms with Gasteiger partial charge in [-0.15, -0.1) is 0 Å².